The topological polar surface area (TPSA) is 87.6 Å². The van der Waals surface area contributed by atoms with E-state index in [1.807, 2.05) is 0 Å². The van der Waals surface area contributed by atoms with E-state index >= 15 is 0 Å². The molecular weight excluding hydrogens is 210 g/mol. The summed E-state index contributed by atoms with van der Waals surface area (Å²) in [5.41, 5.74) is -0.210. The molecule has 1 heterocycles. The molecule has 0 amide bonds. The smallest absolute Gasteiger partial charge is 0.258 e. The van der Waals surface area contributed by atoms with E-state index in [0.29, 0.717) is 0 Å². The monoisotopic (exact) mass is 219 g/mol. The fourth-order valence-corrected chi connectivity index (χ4v) is 0.806. The van der Waals surface area contributed by atoms with E-state index in [1.54, 1.807) is 0 Å². The van der Waals surface area contributed by atoms with Crippen LogP contribution < -0.4 is 5.56 Å². The van der Waals surface area contributed by atoms with Crippen molar-refractivity contribution in [3.05, 3.63) is 22.2 Å². The van der Waals surface area contributed by atoms with Crippen LogP contribution in [0.2, 0.25) is 0 Å². The second kappa shape index (κ2) is 5.98. The van der Waals surface area contributed by atoms with E-state index < -0.39 is 0 Å². The molecule has 0 unspecified atom stereocenters. The van der Waals surface area contributed by atoms with Crippen LogP contribution in [0.15, 0.2) is 16.3 Å². The normalized spacial score (nSPS) is 9.79. The summed E-state index contributed by atoms with van der Waals surface area (Å²) in [5.74, 6) is -0.286. The molecular formula is C7H10ClN3O3. The van der Waals surface area contributed by atoms with Gasteiger partial charge in [0.05, 0.1) is 11.9 Å². The Hall–Kier alpha value is -1.56. The summed E-state index contributed by atoms with van der Waals surface area (Å²) in [6.07, 6.45) is 2.68. The average Bonchev–Trinajstić information content (AvgIpc) is 2.10. The number of H-pyrrole nitrogens is 1. The molecule has 78 valence electrons. The van der Waals surface area contributed by atoms with Gasteiger partial charge < -0.3 is 14.9 Å². The molecule has 6 nitrogen and oxygen atoms in total. The summed E-state index contributed by atoms with van der Waals surface area (Å²) in [5, 5.41) is 12.6. The Morgan fingerprint density at radius 3 is 3.07 bits per heavy atom. The van der Waals surface area contributed by atoms with Gasteiger partial charge in [0.15, 0.2) is 0 Å². The van der Waals surface area contributed by atoms with E-state index in [2.05, 4.69) is 20.0 Å². The van der Waals surface area contributed by atoms with Gasteiger partial charge in [0.2, 0.25) is 5.88 Å². The largest absolute Gasteiger partial charge is 0.493 e. The third-order valence-electron chi connectivity index (χ3n) is 1.40. The van der Waals surface area contributed by atoms with Gasteiger partial charge in [0.25, 0.3) is 5.56 Å². The van der Waals surface area contributed by atoms with Crippen molar-refractivity contribution < 1.29 is 9.94 Å². The molecule has 14 heavy (non-hydrogen) atoms. The zero-order valence-electron chi connectivity index (χ0n) is 7.43. The van der Waals surface area contributed by atoms with Crippen molar-refractivity contribution in [1.82, 2.24) is 9.97 Å². The van der Waals surface area contributed by atoms with Gasteiger partial charge >= 0.3 is 0 Å². The van der Waals surface area contributed by atoms with Crippen LogP contribution in [-0.2, 0) is 11.3 Å². The van der Waals surface area contributed by atoms with Crippen LogP contribution in [-0.4, -0.2) is 28.4 Å². The molecule has 0 aliphatic carbocycles. The second-order valence-corrected chi connectivity index (χ2v) is 2.21. The lowest BCUT2D eigenvalue weighted by atomic mass is 10.2. The van der Waals surface area contributed by atoms with Crippen molar-refractivity contribution in [2.75, 3.05) is 7.11 Å². The van der Waals surface area contributed by atoms with Crippen molar-refractivity contribution in [2.45, 2.75) is 6.42 Å². The second-order valence-electron chi connectivity index (χ2n) is 2.21. The molecule has 0 saturated carbocycles. The molecule has 1 rings (SSSR count). The highest BCUT2D eigenvalue weighted by molar-refractivity contribution is 5.85. The zero-order chi connectivity index (χ0) is 9.68. The van der Waals surface area contributed by atoms with Gasteiger partial charge in [0, 0.05) is 12.6 Å². The summed E-state index contributed by atoms with van der Waals surface area (Å²) >= 11 is 0. The van der Waals surface area contributed by atoms with Crippen molar-refractivity contribution in [2.24, 2.45) is 5.16 Å². The van der Waals surface area contributed by atoms with E-state index in [4.69, 9.17) is 5.11 Å². The molecule has 0 radical (unpaired) electrons. The predicted octanol–water partition coefficient (Wildman–Crippen LogP) is 0.0720. The van der Waals surface area contributed by atoms with E-state index in [0.717, 1.165) is 6.33 Å². The zero-order valence-corrected chi connectivity index (χ0v) is 8.24. The van der Waals surface area contributed by atoms with Gasteiger partial charge in [0.1, 0.15) is 7.11 Å². The lowest BCUT2D eigenvalue weighted by Crippen LogP contribution is -2.13. The highest BCUT2D eigenvalue weighted by Crippen LogP contribution is 2.05. The van der Waals surface area contributed by atoms with Crippen LogP contribution >= 0.6 is 12.4 Å². The minimum Gasteiger partial charge on any atom is -0.493 e. The number of oxime groups is 1. The molecule has 0 saturated heterocycles. The van der Waals surface area contributed by atoms with Crippen LogP contribution in [0.25, 0.3) is 0 Å². The lowest BCUT2D eigenvalue weighted by molar-refractivity contribution is 0.214. The van der Waals surface area contributed by atoms with Crippen molar-refractivity contribution in [3.63, 3.8) is 0 Å². The molecule has 0 atom stereocenters. The standard InChI is InChI=1S/C7H9N3O3.ClH/c1-13-10-3-2-5-6(11)8-4-9-7(5)12;/h3-4H,2H2,1H3,(H2,8,9,11,12);1H. The van der Waals surface area contributed by atoms with Gasteiger partial charge in [-0.15, -0.1) is 12.4 Å². The van der Waals surface area contributed by atoms with Crippen molar-refractivity contribution in [1.29, 1.82) is 0 Å². The average molecular weight is 220 g/mol. The van der Waals surface area contributed by atoms with Crippen molar-refractivity contribution in [3.8, 4) is 5.88 Å². The minimum atomic E-state index is -0.380. The molecule has 0 aromatic carbocycles. The first-order valence-corrected chi connectivity index (χ1v) is 3.56. The fraction of sp³-hybridized carbons (Fsp3) is 0.286. The van der Waals surface area contributed by atoms with Crippen LogP contribution in [0.3, 0.4) is 0 Å². The maximum Gasteiger partial charge on any atom is 0.258 e. The Morgan fingerprint density at radius 1 is 1.79 bits per heavy atom. The first-order chi connectivity index (χ1) is 6.25. The third-order valence-corrected chi connectivity index (χ3v) is 1.40. The fourth-order valence-electron chi connectivity index (χ4n) is 0.806. The molecule has 0 bridgehead atoms. The van der Waals surface area contributed by atoms with Gasteiger partial charge in [-0.2, -0.15) is 0 Å². The number of rotatable bonds is 3. The Morgan fingerprint density at radius 2 is 2.50 bits per heavy atom. The van der Waals surface area contributed by atoms with Crippen LogP contribution in [0.4, 0.5) is 0 Å². The van der Waals surface area contributed by atoms with E-state index in [-0.39, 0.29) is 35.8 Å². The number of nitrogens with zero attached hydrogens (tertiary/aromatic N) is 2. The molecule has 1 aromatic rings. The van der Waals surface area contributed by atoms with Gasteiger partial charge in [-0.3, -0.25) is 4.79 Å². The maximum atomic E-state index is 11.1. The summed E-state index contributed by atoms with van der Waals surface area (Å²) in [7, 11) is 1.39. The van der Waals surface area contributed by atoms with Gasteiger partial charge in [-0.25, -0.2) is 4.98 Å². The number of halogens is 1. The molecule has 0 aliphatic rings. The molecule has 0 spiro atoms. The first-order valence-electron chi connectivity index (χ1n) is 3.56. The van der Waals surface area contributed by atoms with E-state index in [9.17, 15) is 4.79 Å². The maximum absolute atomic E-state index is 11.1. The summed E-state index contributed by atoms with van der Waals surface area (Å²) in [6.45, 7) is 0. The highest BCUT2D eigenvalue weighted by atomic mass is 35.5. The quantitative estimate of drug-likeness (QED) is 0.556. The Labute approximate surface area is 86.0 Å². The number of hydrogen-bond donors (Lipinski definition) is 2. The molecule has 2 N–H and O–H groups in total. The lowest BCUT2D eigenvalue weighted by Gasteiger charge is -1.96. The number of aromatic hydroxyl groups is 1. The number of aromatic amines is 1. The Balaban J connectivity index is 0.00000169. The summed E-state index contributed by atoms with van der Waals surface area (Å²) < 4.78 is 0. The number of nitrogens with one attached hydrogen (secondary N) is 1. The van der Waals surface area contributed by atoms with Crippen LogP contribution in [0.5, 0.6) is 5.88 Å². The van der Waals surface area contributed by atoms with Gasteiger partial charge in [-0.05, 0) is 0 Å². The van der Waals surface area contributed by atoms with Crippen LogP contribution in [0, 0.1) is 0 Å². The molecule has 0 aliphatic heterocycles. The number of hydrogen-bond acceptors (Lipinski definition) is 5. The minimum absolute atomic E-state index is 0. The van der Waals surface area contributed by atoms with Gasteiger partial charge in [-0.1, -0.05) is 5.16 Å². The summed E-state index contributed by atoms with van der Waals surface area (Å²) in [4.78, 5) is 21.3. The third kappa shape index (κ3) is 3.06. The highest BCUT2D eigenvalue weighted by Gasteiger charge is 2.04. The molecule has 0 fully saturated rings. The number of aromatic nitrogens is 2. The molecule has 7 heteroatoms. The molecule has 1 aromatic heterocycles. The first kappa shape index (κ1) is 12.4. The Kier molecular flexibility index (Phi) is 5.31. The predicted molar refractivity (Wildman–Crippen MR) is 53.0 cm³/mol. The van der Waals surface area contributed by atoms with E-state index in [1.165, 1.54) is 13.3 Å². The SMILES string of the molecule is CON=CCc1c(O)nc[nH]c1=O.Cl. The Bertz CT molecular complexity index is 363. The van der Waals surface area contributed by atoms with Crippen molar-refractivity contribution >= 4 is 18.6 Å². The van der Waals surface area contributed by atoms with Crippen LogP contribution in [0.1, 0.15) is 5.56 Å². The summed E-state index contributed by atoms with van der Waals surface area (Å²) in [6, 6.07) is 0.